The molecule has 0 N–H and O–H groups in total. The quantitative estimate of drug-likeness (QED) is 0.688. The van der Waals surface area contributed by atoms with Gasteiger partial charge in [0.15, 0.2) is 5.58 Å². The lowest BCUT2D eigenvalue weighted by Gasteiger charge is -2.35. The molecule has 4 rings (SSSR count). The molecule has 3 heterocycles. The molecule has 6 nitrogen and oxygen atoms in total. The molecular formula is C22H26N2O4. The number of amides is 1. The molecule has 2 atom stereocenters. The lowest BCUT2D eigenvalue weighted by Crippen LogP contribution is -2.48. The number of rotatable bonds is 4. The molecule has 28 heavy (non-hydrogen) atoms. The van der Waals surface area contributed by atoms with Crippen LogP contribution < -0.4 is 4.74 Å². The molecule has 1 saturated heterocycles. The number of fused-ring (bicyclic) bond motifs is 1. The standard InChI is InChI=1S/C22H26N2O4/c1-14-8-19-21(28-14)10-20(22(25)23-11-15(2)27-16(3)12-23)24(19)13-17-6-5-7-18(9-17)26-4/h5-10,15-16H,11-13H2,1-4H3. The Morgan fingerprint density at radius 1 is 1.18 bits per heavy atom. The van der Waals surface area contributed by atoms with Crippen molar-refractivity contribution < 1.29 is 18.7 Å². The summed E-state index contributed by atoms with van der Waals surface area (Å²) in [6, 6.07) is 11.7. The second kappa shape index (κ2) is 7.36. The van der Waals surface area contributed by atoms with Crippen molar-refractivity contribution >= 4 is 17.0 Å². The second-order valence-electron chi connectivity index (χ2n) is 7.54. The molecular weight excluding hydrogens is 356 g/mol. The minimum atomic E-state index is 0.00829. The number of benzene rings is 1. The van der Waals surface area contributed by atoms with E-state index in [1.807, 2.05) is 66.6 Å². The van der Waals surface area contributed by atoms with E-state index in [0.29, 0.717) is 25.3 Å². The van der Waals surface area contributed by atoms with Gasteiger partial charge >= 0.3 is 0 Å². The molecule has 148 valence electrons. The SMILES string of the molecule is COc1cccc(Cn2c(C(=O)N3CC(C)OC(C)C3)cc3oc(C)cc32)c1. The van der Waals surface area contributed by atoms with Gasteiger partial charge in [0.25, 0.3) is 5.91 Å². The molecule has 0 radical (unpaired) electrons. The molecule has 3 aromatic rings. The monoisotopic (exact) mass is 382 g/mol. The third-order valence-corrected chi connectivity index (χ3v) is 5.11. The van der Waals surface area contributed by atoms with Crippen molar-refractivity contribution in [2.75, 3.05) is 20.2 Å². The Balaban J connectivity index is 1.72. The number of aromatic nitrogens is 1. The highest BCUT2D eigenvalue weighted by Crippen LogP contribution is 2.27. The molecule has 2 aromatic heterocycles. The highest BCUT2D eigenvalue weighted by Gasteiger charge is 2.29. The summed E-state index contributed by atoms with van der Waals surface area (Å²) in [5.74, 6) is 1.64. The van der Waals surface area contributed by atoms with E-state index in [4.69, 9.17) is 13.9 Å². The molecule has 2 unspecified atom stereocenters. The Hall–Kier alpha value is -2.73. The van der Waals surface area contributed by atoms with Crippen molar-refractivity contribution in [3.05, 3.63) is 53.4 Å². The minimum absolute atomic E-state index is 0.00829. The number of aryl methyl sites for hydroxylation is 1. The van der Waals surface area contributed by atoms with E-state index in [1.165, 1.54) is 0 Å². The molecule has 1 aromatic carbocycles. The van der Waals surface area contributed by atoms with E-state index >= 15 is 0 Å². The van der Waals surface area contributed by atoms with E-state index in [1.54, 1.807) is 7.11 Å². The minimum Gasteiger partial charge on any atom is -0.497 e. The van der Waals surface area contributed by atoms with E-state index in [0.717, 1.165) is 28.2 Å². The number of carbonyl (C=O) groups is 1. The van der Waals surface area contributed by atoms with Crippen LogP contribution in [0.5, 0.6) is 5.75 Å². The van der Waals surface area contributed by atoms with Gasteiger partial charge in [0.1, 0.15) is 17.2 Å². The number of methoxy groups -OCH3 is 1. The summed E-state index contributed by atoms with van der Waals surface area (Å²) in [5, 5.41) is 0. The van der Waals surface area contributed by atoms with Gasteiger partial charge in [-0.1, -0.05) is 12.1 Å². The second-order valence-corrected chi connectivity index (χ2v) is 7.54. The van der Waals surface area contributed by atoms with Crippen molar-refractivity contribution in [3.63, 3.8) is 0 Å². The van der Waals surface area contributed by atoms with Gasteiger partial charge in [-0.15, -0.1) is 0 Å². The molecule has 1 amide bonds. The summed E-state index contributed by atoms with van der Waals surface area (Å²) in [6.07, 6.45) is 0.0551. The Kier molecular flexibility index (Phi) is 4.89. The summed E-state index contributed by atoms with van der Waals surface area (Å²) in [7, 11) is 1.65. The smallest absolute Gasteiger partial charge is 0.270 e. The van der Waals surface area contributed by atoms with Crippen LogP contribution in [0.15, 0.2) is 40.8 Å². The topological polar surface area (TPSA) is 56.8 Å². The fourth-order valence-corrected chi connectivity index (χ4v) is 3.97. The van der Waals surface area contributed by atoms with Crippen LogP contribution >= 0.6 is 0 Å². The Labute approximate surface area is 164 Å². The van der Waals surface area contributed by atoms with Crippen molar-refractivity contribution in [3.8, 4) is 5.75 Å². The van der Waals surface area contributed by atoms with Crippen LogP contribution in [-0.2, 0) is 11.3 Å². The van der Waals surface area contributed by atoms with E-state index in [-0.39, 0.29) is 18.1 Å². The lowest BCUT2D eigenvalue weighted by molar-refractivity contribution is -0.0588. The molecule has 0 spiro atoms. The van der Waals surface area contributed by atoms with Crippen molar-refractivity contribution in [2.45, 2.75) is 39.5 Å². The molecule has 1 aliphatic rings. The highest BCUT2D eigenvalue weighted by molar-refractivity contribution is 5.97. The maximum atomic E-state index is 13.4. The number of furan rings is 1. The van der Waals surface area contributed by atoms with Crippen LogP contribution in [0.4, 0.5) is 0 Å². The third kappa shape index (κ3) is 3.52. The lowest BCUT2D eigenvalue weighted by atomic mass is 10.2. The summed E-state index contributed by atoms with van der Waals surface area (Å²) in [5.41, 5.74) is 3.36. The zero-order valence-corrected chi connectivity index (χ0v) is 16.8. The van der Waals surface area contributed by atoms with Crippen LogP contribution in [0.25, 0.3) is 11.1 Å². The van der Waals surface area contributed by atoms with Gasteiger partial charge in [0.05, 0.1) is 24.8 Å². The van der Waals surface area contributed by atoms with Crippen LogP contribution in [0.2, 0.25) is 0 Å². The molecule has 0 saturated carbocycles. The predicted molar refractivity (Wildman–Crippen MR) is 107 cm³/mol. The van der Waals surface area contributed by atoms with Crippen LogP contribution in [0.1, 0.15) is 35.7 Å². The zero-order valence-electron chi connectivity index (χ0n) is 16.8. The summed E-state index contributed by atoms with van der Waals surface area (Å²) in [6.45, 7) is 7.67. The normalized spacial score (nSPS) is 19.9. The van der Waals surface area contributed by atoms with Crippen LogP contribution in [0, 0.1) is 6.92 Å². The van der Waals surface area contributed by atoms with Gasteiger partial charge < -0.3 is 23.4 Å². The van der Waals surface area contributed by atoms with Crippen molar-refractivity contribution in [1.29, 1.82) is 0 Å². The average Bonchev–Trinajstić information content (AvgIpc) is 3.17. The van der Waals surface area contributed by atoms with Crippen LogP contribution in [0.3, 0.4) is 0 Å². The summed E-state index contributed by atoms with van der Waals surface area (Å²) in [4.78, 5) is 15.2. The molecule has 6 heteroatoms. The van der Waals surface area contributed by atoms with Gasteiger partial charge in [0, 0.05) is 31.8 Å². The average molecular weight is 382 g/mol. The number of morpholine rings is 1. The van der Waals surface area contributed by atoms with Gasteiger partial charge in [-0.05, 0) is 38.5 Å². The Morgan fingerprint density at radius 2 is 1.93 bits per heavy atom. The maximum Gasteiger partial charge on any atom is 0.270 e. The number of hydrogen-bond donors (Lipinski definition) is 0. The number of carbonyl (C=O) groups excluding carboxylic acids is 1. The van der Waals surface area contributed by atoms with Crippen LogP contribution in [-0.4, -0.2) is 47.8 Å². The fourth-order valence-electron chi connectivity index (χ4n) is 3.97. The first-order valence-electron chi connectivity index (χ1n) is 9.62. The summed E-state index contributed by atoms with van der Waals surface area (Å²) >= 11 is 0. The molecule has 0 bridgehead atoms. The van der Waals surface area contributed by atoms with E-state index < -0.39 is 0 Å². The first kappa shape index (κ1) is 18.6. The molecule has 1 aliphatic heterocycles. The van der Waals surface area contributed by atoms with E-state index in [9.17, 15) is 4.79 Å². The van der Waals surface area contributed by atoms with Gasteiger partial charge in [0.2, 0.25) is 0 Å². The predicted octanol–water partition coefficient (Wildman–Crippen LogP) is 3.85. The first-order chi connectivity index (χ1) is 13.4. The third-order valence-electron chi connectivity index (χ3n) is 5.11. The summed E-state index contributed by atoms with van der Waals surface area (Å²) < 4.78 is 19.0. The van der Waals surface area contributed by atoms with Crippen molar-refractivity contribution in [1.82, 2.24) is 9.47 Å². The number of ether oxygens (including phenoxy) is 2. The number of nitrogens with zero attached hydrogens (tertiary/aromatic N) is 2. The van der Waals surface area contributed by atoms with Gasteiger partial charge in [-0.25, -0.2) is 0 Å². The Bertz CT molecular complexity index is 993. The van der Waals surface area contributed by atoms with Gasteiger partial charge in [-0.2, -0.15) is 0 Å². The highest BCUT2D eigenvalue weighted by atomic mass is 16.5. The number of hydrogen-bond acceptors (Lipinski definition) is 4. The first-order valence-corrected chi connectivity index (χ1v) is 9.62. The molecule has 0 aliphatic carbocycles. The molecule has 1 fully saturated rings. The van der Waals surface area contributed by atoms with Gasteiger partial charge in [-0.3, -0.25) is 4.79 Å². The van der Waals surface area contributed by atoms with Crippen molar-refractivity contribution in [2.24, 2.45) is 0 Å². The zero-order chi connectivity index (χ0) is 19.8. The largest absolute Gasteiger partial charge is 0.497 e. The fraction of sp³-hybridized carbons (Fsp3) is 0.409. The van der Waals surface area contributed by atoms with E-state index in [2.05, 4.69) is 0 Å². The maximum absolute atomic E-state index is 13.4. The Morgan fingerprint density at radius 3 is 2.64 bits per heavy atom.